The minimum atomic E-state index is -0.474. The third-order valence-electron chi connectivity index (χ3n) is 3.90. The molecule has 0 saturated heterocycles. The number of carbonyl (C=O) groups is 1. The Bertz CT molecular complexity index is 624. The molecule has 0 heterocycles. The van der Waals surface area contributed by atoms with E-state index in [1.54, 1.807) is 0 Å². The van der Waals surface area contributed by atoms with Gasteiger partial charge >= 0.3 is 0 Å². The van der Waals surface area contributed by atoms with Crippen molar-refractivity contribution >= 4 is 16.6 Å². The van der Waals surface area contributed by atoms with E-state index in [1.165, 1.54) is 5.56 Å². The molecule has 0 aromatic heterocycles. The molecule has 1 N–H and O–H groups in total. The Balaban J connectivity index is 2.03. The summed E-state index contributed by atoms with van der Waals surface area (Å²) in [6.07, 6.45) is 1.63. The maximum atomic E-state index is 12.3. The summed E-state index contributed by atoms with van der Waals surface area (Å²) < 4.78 is 0. The first-order valence-electron chi connectivity index (χ1n) is 6.31. The van der Waals surface area contributed by atoms with E-state index in [2.05, 4.69) is 19.1 Å². The van der Waals surface area contributed by atoms with Crippen LogP contribution in [0.25, 0.3) is 10.8 Å². The summed E-state index contributed by atoms with van der Waals surface area (Å²) in [7, 11) is 0. The van der Waals surface area contributed by atoms with Crippen molar-refractivity contribution in [2.75, 3.05) is 6.61 Å². The zero-order chi connectivity index (χ0) is 12.8. The predicted octanol–water partition coefficient (Wildman–Crippen LogP) is 3.10. The van der Waals surface area contributed by atoms with Crippen LogP contribution in [0.15, 0.2) is 36.4 Å². The van der Waals surface area contributed by atoms with E-state index in [9.17, 15) is 9.90 Å². The number of hydrogen-bond donors (Lipinski definition) is 1. The molecular formula is C16H16O2. The molecule has 0 spiro atoms. The van der Waals surface area contributed by atoms with Crippen LogP contribution in [-0.2, 0) is 0 Å². The second kappa shape index (κ2) is 3.92. The first kappa shape index (κ1) is 11.4. The van der Waals surface area contributed by atoms with Crippen LogP contribution in [0, 0.1) is 12.3 Å². The summed E-state index contributed by atoms with van der Waals surface area (Å²) in [5.74, 6) is 0.0903. The lowest BCUT2D eigenvalue weighted by molar-refractivity contribution is 0.0830. The lowest BCUT2D eigenvalue weighted by Crippen LogP contribution is -2.19. The maximum absolute atomic E-state index is 12.3. The number of fused-ring (bicyclic) bond motifs is 1. The largest absolute Gasteiger partial charge is 0.395 e. The van der Waals surface area contributed by atoms with E-state index in [1.807, 2.05) is 24.3 Å². The number of aliphatic hydroxyl groups excluding tert-OH is 1. The van der Waals surface area contributed by atoms with Crippen molar-refractivity contribution in [1.29, 1.82) is 0 Å². The van der Waals surface area contributed by atoms with Gasteiger partial charge < -0.3 is 5.11 Å². The molecule has 1 aliphatic rings. The smallest absolute Gasteiger partial charge is 0.171 e. The molecule has 92 valence electrons. The molecule has 0 aliphatic heterocycles. The summed E-state index contributed by atoms with van der Waals surface area (Å²) in [5.41, 5.74) is 1.46. The fraction of sp³-hybridized carbons (Fsp3) is 0.312. The van der Waals surface area contributed by atoms with Gasteiger partial charge in [-0.15, -0.1) is 0 Å². The molecule has 0 atom stereocenters. The highest BCUT2D eigenvalue weighted by atomic mass is 16.3. The van der Waals surface area contributed by atoms with E-state index in [-0.39, 0.29) is 12.4 Å². The molecule has 1 saturated carbocycles. The molecule has 0 amide bonds. The Labute approximate surface area is 106 Å². The van der Waals surface area contributed by atoms with Gasteiger partial charge in [0.2, 0.25) is 0 Å². The quantitative estimate of drug-likeness (QED) is 0.837. The second-order valence-electron chi connectivity index (χ2n) is 5.33. The Morgan fingerprint density at radius 1 is 1.17 bits per heavy atom. The Morgan fingerprint density at radius 3 is 2.50 bits per heavy atom. The van der Waals surface area contributed by atoms with Crippen molar-refractivity contribution in [3.05, 3.63) is 47.5 Å². The summed E-state index contributed by atoms with van der Waals surface area (Å²) in [6.45, 7) is 2.03. The van der Waals surface area contributed by atoms with Crippen LogP contribution >= 0.6 is 0 Å². The molecule has 0 bridgehead atoms. The van der Waals surface area contributed by atoms with Gasteiger partial charge in [-0.1, -0.05) is 35.9 Å². The summed E-state index contributed by atoms with van der Waals surface area (Å²) >= 11 is 0. The molecular weight excluding hydrogens is 224 g/mol. The van der Waals surface area contributed by atoms with Crippen LogP contribution in [-0.4, -0.2) is 17.5 Å². The highest BCUT2D eigenvalue weighted by Gasteiger charge is 2.49. The molecule has 2 aromatic rings. The Morgan fingerprint density at radius 2 is 1.83 bits per heavy atom. The number of ketones is 1. The van der Waals surface area contributed by atoms with Crippen molar-refractivity contribution in [3.8, 4) is 0 Å². The zero-order valence-electron chi connectivity index (χ0n) is 10.4. The SMILES string of the molecule is Cc1ccc2cc(C(=O)C3(CO)CC3)ccc2c1. The van der Waals surface area contributed by atoms with Gasteiger partial charge in [0, 0.05) is 5.56 Å². The molecule has 0 radical (unpaired) electrons. The highest BCUT2D eigenvalue weighted by Crippen LogP contribution is 2.47. The van der Waals surface area contributed by atoms with Gasteiger partial charge in [0.15, 0.2) is 5.78 Å². The number of benzene rings is 2. The average molecular weight is 240 g/mol. The first-order chi connectivity index (χ1) is 8.64. The van der Waals surface area contributed by atoms with E-state index >= 15 is 0 Å². The van der Waals surface area contributed by atoms with E-state index in [0.29, 0.717) is 0 Å². The van der Waals surface area contributed by atoms with Gasteiger partial charge in [0.05, 0.1) is 12.0 Å². The highest BCUT2D eigenvalue weighted by molar-refractivity contribution is 6.04. The van der Waals surface area contributed by atoms with Gasteiger partial charge in [0.25, 0.3) is 0 Å². The van der Waals surface area contributed by atoms with Gasteiger partial charge in [-0.2, -0.15) is 0 Å². The number of Topliss-reactive ketones (excluding diaryl/α,β-unsaturated/α-hetero) is 1. The number of aliphatic hydroxyl groups is 1. The second-order valence-corrected chi connectivity index (χ2v) is 5.33. The van der Waals surface area contributed by atoms with Gasteiger partial charge in [0.1, 0.15) is 0 Å². The van der Waals surface area contributed by atoms with Crippen molar-refractivity contribution in [2.24, 2.45) is 5.41 Å². The summed E-state index contributed by atoms with van der Waals surface area (Å²) in [4.78, 5) is 12.3. The molecule has 2 nitrogen and oxygen atoms in total. The zero-order valence-corrected chi connectivity index (χ0v) is 10.4. The molecule has 1 aliphatic carbocycles. The molecule has 1 fully saturated rings. The fourth-order valence-electron chi connectivity index (χ4n) is 2.42. The van der Waals surface area contributed by atoms with Crippen LogP contribution in [0.3, 0.4) is 0 Å². The molecule has 18 heavy (non-hydrogen) atoms. The van der Waals surface area contributed by atoms with Crippen LogP contribution in [0.2, 0.25) is 0 Å². The minimum absolute atomic E-state index is 0.0300. The maximum Gasteiger partial charge on any atom is 0.171 e. The third-order valence-corrected chi connectivity index (χ3v) is 3.90. The fourth-order valence-corrected chi connectivity index (χ4v) is 2.42. The van der Waals surface area contributed by atoms with E-state index in [0.717, 1.165) is 29.2 Å². The molecule has 2 aromatic carbocycles. The van der Waals surface area contributed by atoms with Crippen LogP contribution in [0.1, 0.15) is 28.8 Å². The molecule has 0 unspecified atom stereocenters. The van der Waals surface area contributed by atoms with Crippen LogP contribution < -0.4 is 0 Å². The van der Waals surface area contributed by atoms with Crippen molar-refractivity contribution in [2.45, 2.75) is 19.8 Å². The first-order valence-corrected chi connectivity index (χ1v) is 6.31. The number of carbonyl (C=O) groups excluding carboxylic acids is 1. The predicted molar refractivity (Wildman–Crippen MR) is 71.8 cm³/mol. The van der Waals surface area contributed by atoms with Gasteiger partial charge in [-0.25, -0.2) is 0 Å². The third kappa shape index (κ3) is 1.73. The lowest BCUT2D eigenvalue weighted by atomic mass is 9.93. The Hall–Kier alpha value is -1.67. The average Bonchev–Trinajstić information content (AvgIpc) is 3.18. The van der Waals surface area contributed by atoms with Crippen LogP contribution in [0.4, 0.5) is 0 Å². The lowest BCUT2D eigenvalue weighted by Gasteiger charge is -2.11. The van der Waals surface area contributed by atoms with Gasteiger partial charge in [-0.05, 0) is 36.6 Å². The monoisotopic (exact) mass is 240 g/mol. The summed E-state index contributed by atoms with van der Waals surface area (Å²) in [5, 5.41) is 11.6. The topological polar surface area (TPSA) is 37.3 Å². The number of rotatable bonds is 3. The number of aryl methyl sites for hydroxylation is 1. The van der Waals surface area contributed by atoms with E-state index < -0.39 is 5.41 Å². The van der Waals surface area contributed by atoms with Crippen molar-refractivity contribution in [1.82, 2.24) is 0 Å². The van der Waals surface area contributed by atoms with E-state index in [4.69, 9.17) is 0 Å². The normalized spacial score (nSPS) is 16.8. The Kier molecular flexibility index (Phi) is 2.49. The summed E-state index contributed by atoms with van der Waals surface area (Å²) in [6, 6.07) is 12.0. The minimum Gasteiger partial charge on any atom is -0.395 e. The number of hydrogen-bond acceptors (Lipinski definition) is 2. The van der Waals surface area contributed by atoms with Crippen LogP contribution in [0.5, 0.6) is 0 Å². The standard InChI is InChI=1S/C16H16O2/c1-11-2-3-13-9-14(5-4-12(13)8-11)15(18)16(10-17)6-7-16/h2-5,8-9,17H,6-7,10H2,1H3. The van der Waals surface area contributed by atoms with Gasteiger partial charge in [-0.3, -0.25) is 4.79 Å². The molecule has 3 rings (SSSR count). The molecule has 2 heteroatoms. The van der Waals surface area contributed by atoms with Crippen molar-refractivity contribution < 1.29 is 9.90 Å². The van der Waals surface area contributed by atoms with Crippen molar-refractivity contribution in [3.63, 3.8) is 0 Å².